The van der Waals surface area contributed by atoms with Gasteiger partial charge in [-0.05, 0) is 30.3 Å². The van der Waals surface area contributed by atoms with Crippen molar-refractivity contribution in [1.82, 2.24) is 10.6 Å². The van der Waals surface area contributed by atoms with Crippen LogP contribution in [0.25, 0.3) is 0 Å². The van der Waals surface area contributed by atoms with Gasteiger partial charge >= 0.3 is 5.97 Å². The summed E-state index contributed by atoms with van der Waals surface area (Å²) in [6, 6.07) is 2.49. The number of ether oxygens (including phenoxy) is 1. The Morgan fingerprint density at radius 3 is 2.41 bits per heavy atom. The minimum atomic E-state index is -1.04. The van der Waals surface area contributed by atoms with E-state index in [1.165, 1.54) is 13.2 Å². The maximum atomic E-state index is 14.1. The fraction of sp³-hybridized carbons (Fsp3) is 0.333. The Balaban J connectivity index is 2.68. The van der Waals surface area contributed by atoms with Crippen molar-refractivity contribution in [2.24, 2.45) is 5.92 Å². The third-order valence-corrected chi connectivity index (χ3v) is 3.59. The van der Waals surface area contributed by atoms with Crippen LogP contribution in [-0.4, -0.2) is 18.2 Å². The van der Waals surface area contributed by atoms with E-state index in [-0.39, 0.29) is 22.2 Å². The number of hydrogen-bond donors (Lipinski definition) is 2. The van der Waals surface area contributed by atoms with Crippen molar-refractivity contribution in [2.45, 2.75) is 19.9 Å². The lowest BCUT2D eigenvalue weighted by atomic mass is 9.91. The van der Waals surface area contributed by atoms with Gasteiger partial charge in [-0.1, -0.05) is 19.9 Å². The molecule has 1 aromatic rings. The predicted molar refractivity (Wildman–Crippen MR) is 81.8 cm³/mol. The largest absolute Gasteiger partial charge is 0.466 e. The SMILES string of the molecule is COC(=O)C1=C(C(C)C)NC(=S)N[C@H]1c1c(F)cccc1F. The molecule has 1 aliphatic heterocycles. The van der Waals surface area contributed by atoms with E-state index >= 15 is 0 Å². The molecule has 1 aromatic carbocycles. The minimum Gasteiger partial charge on any atom is -0.466 e. The third kappa shape index (κ3) is 2.94. The van der Waals surface area contributed by atoms with Crippen LogP contribution in [-0.2, 0) is 9.53 Å². The number of thiocarbonyl (C=S) groups is 1. The van der Waals surface area contributed by atoms with E-state index in [1.54, 1.807) is 0 Å². The summed E-state index contributed by atoms with van der Waals surface area (Å²) in [6.07, 6.45) is 0. The first-order chi connectivity index (χ1) is 10.4. The van der Waals surface area contributed by atoms with E-state index in [9.17, 15) is 13.6 Å². The first-order valence-electron chi connectivity index (χ1n) is 6.70. The summed E-state index contributed by atoms with van der Waals surface area (Å²) >= 11 is 5.09. The highest BCUT2D eigenvalue weighted by atomic mass is 32.1. The summed E-state index contributed by atoms with van der Waals surface area (Å²) in [6.45, 7) is 3.68. The number of benzene rings is 1. The second-order valence-corrected chi connectivity index (χ2v) is 5.55. The quantitative estimate of drug-likeness (QED) is 0.660. The summed E-state index contributed by atoms with van der Waals surface area (Å²) < 4.78 is 33.0. The highest BCUT2D eigenvalue weighted by Gasteiger charge is 2.36. The molecule has 1 heterocycles. The zero-order valence-corrected chi connectivity index (χ0v) is 13.2. The number of allylic oxidation sites excluding steroid dienone is 1. The van der Waals surface area contributed by atoms with Gasteiger partial charge < -0.3 is 15.4 Å². The van der Waals surface area contributed by atoms with Gasteiger partial charge in [0, 0.05) is 5.70 Å². The van der Waals surface area contributed by atoms with Crippen LogP contribution in [0.2, 0.25) is 0 Å². The molecule has 0 aromatic heterocycles. The van der Waals surface area contributed by atoms with E-state index in [0.29, 0.717) is 5.70 Å². The third-order valence-electron chi connectivity index (χ3n) is 3.37. The average Bonchev–Trinajstić information content (AvgIpc) is 2.45. The number of carbonyl (C=O) groups is 1. The van der Waals surface area contributed by atoms with Gasteiger partial charge in [0.2, 0.25) is 0 Å². The molecule has 4 nitrogen and oxygen atoms in total. The van der Waals surface area contributed by atoms with E-state index in [1.807, 2.05) is 13.8 Å². The number of hydrogen-bond acceptors (Lipinski definition) is 3. The number of methoxy groups -OCH3 is 1. The molecule has 1 aliphatic rings. The van der Waals surface area contributed by atoms with Crippen LogP contribution in [0.5, 0.6) is 0 Å². The highest BCUT2D eigenvalue weighted by molar-refractivity contribution is 7.80. The average molecular weight is 326 g/mol. The lowest BCUT2D eigenvalue weighted by Crippen LogP contribution is -2.47. The fourth-order valence-corrected chi connectivity index (χ4v) is 2.61. The van der Waals surface area contributed by atoms with Gasteiger partial charge in [0.25, 0.3) is 0 Å². The van der Waals surface area contributed by atoms with Crippen molar-refractivity contribution < 1.29 is 18.3 Å². The van der Waals surface area contributed by atoms with E-state index < -0.39 is 23.6 Å². The topological polar surface area (TPSA) is 50.4 Å². The Morgan fingerprint density at radius 2 is 1.91 bits per heavy atom. The second kappa shape index (κ2) is 6.39. The van der Waals surface area contributed by atoms with Gasteiger partial charge in [-0.25, -0.2) is 13.6 Å². The van der Waals surface area contributed by atoms with Crippen molar-refractivity contribution in [2.75, 3.05) is 7.11 Å². The smallest absolute Gasteiger partial charge is 0.337 e. The molecule has 0 radical (unpaired) electrons. The van der Waals surface area contributed by atoms with Gasteiger partial charge in [0.05, 0.1) is 24.3 Å². The monoisotopic (exact) mass is 326 g/mol. The second-order valence-electron chi connectivity index (χ2n) is 5.14. The first-order valence-corrected chi connectivity index (χ1v) is 7.11. The van der Waals surface area contributed by atoms with Crippen LogP contribution in [0.1, 0.15) is 25.5 Å². The van der Waals surface area contributed by atoms with E-state index in [0.717, 1.165) is 12.1 Å². The summed E-state index contributed by atoms with van der Waals surface area (Å²) in [5, 5.41) is 5.82. The first kappa shape index (κ1) is 16.4. The van der Waals surface area contributed by atoms with Crippen molar-refractivity contribution in [3.05, 3.63) is 46.7 Å². The van der Waals surface area contributed by atoms with Crippen molar-refractivity contribution in [1.29, 1.82) is 0 Å². The molecule has 0 aliphatic carbocycles. The Labute approximate surface area is 132 Å². The summed E-state index contributed by atoms with van der Waals surface area (Å²) in [5.74, 6) is -2.29. The molecule has 7 heteroatoms. The van der Waals surface area contributed by atoms with Gasteiger partial charge in [-0.15, -0.1) is 0 Å². The zero-order valence-electron chi connectivity index (χ0n) is 12.4. The maximum Gasteiger partial charge on any atom is 0.337 e. The molecule has 0 fully saturated rings. The number of halogens is 2. The minimum absolute atomic E-state index is 0.105. The molecule has 0 saturated heterocycles. The number of carbonyl (C=O) groups excluding carboxylic acids is 1. The maximum absolute atomic E-state index is 14.1. The molecule has 0 saturated carbocycles. The van der Waals surface area contributed by atoms with Crippen LogP contribution in [0.15, 0.2) is 29.5 Å². The number of nitrogens with one attached hydrogen (secondary N) is 2. The van der Waals surface area contributed by atoms with Gasteiger partial charge in [-0.2, -0.15) is 0 Å². The van der Waals surface area contributed by atoms with Crippen molar-refractivity contribution in [3.63, 3.8) is 0 Å². The molecule has 0 spiro atoms. The Morgan fingerprint density at radius 1 is 1.32 bits per heavy atom. The predicted octanol–water partition coefficient (Wildman–Crippen LogP) is 2.57. The van der Waals surface area contributed by atoms with Crippen LogP contribution in [0.4, 0.5) is 8.78 Å². The summed E-state index contributed by atoms with van der Waals surface area (Å²) in [7, 11) is 1.22. The standard InChI is InChI=1S/C15H16F2N2O2S/c1-7(2)12-11(14(20)21-3)13(19-15(22)18-12)10-8(16)5-4-6-9(10)17/h4-7,13H,1-3H3,(H2,18,19,22)/t13-/m0/s1. The lowest BCUT2D eigenvalue weighted by molar-refractivity contribution is -0.136. The zero-order chi connectivity index (χ0) is 16.4. The lowest BCUT2D eigenvalue weighted by Gasteiger charge is -2.32. The molecule has 0 amide bonds. The highest BCUT2D eigenvalue weighted by Crippen LogP contribution is 2.33. The molecule has 118 valence electrons. The molecular weight excluding hydrogens is 310 g/mol. The van der Waals surface area contributed by atoms with Gasteiger partial charge in [-0.3, -0.25) is 0 Å². The number of esters is 1. The van der Waals surface area contributed by atoms with Crippen LogP contribution >= 0.6 is 12.2 Å². The molecule has 22 heavy (non-hydrogen) atoms. The molecule has 2 N–H and O–H groups in total. The molecule has 2 rings (SSSR count). The van der Waals surface area contributed by atoms with E-state index in [4.69, 9.17) is 17.0 Å². The Hall–Kier alpha value is -2.02. The molecule has 0 unspecified atom stereocenters. The van der Waals surface area contributed by atoms with Crippen LogP contribution in [0, 0.1) is 17.6 Å². The van der Waals surface area contributed by atoms with Gasteiger partial charge in [0.1, 0.15) is 11.6 Å². The normalized spacial score (nSPS) is 18.1. The van der Waals surface area contributed by atoms with Crippen LogP contribution < -0.4 is 10.6 Å². The Bertz CT molecular complexity index is 639. The molecular formula is C15H16F2N2O2S. The van der Waals surface area contributed by atoms with Gasteiger partial charge in [0.15, 0.2) is 5.11 Å². The number of rotatable bonds is 3. The van der Waals surface area contributed by atoms with Crippen molar-refractivity contribution >= 4 is 23.3 Å². The Kier molecular flexibility index (Phi) is 4.75. The summed E-state index contributed by atoms with van der Waals surface area (Å²) in [4.78, 5) is 12.1. The fourth-order valence-electron chi connectivity index (χ4n) is 2.38. The molecule has 0 bridgehead atoms. The van der Waals surface area contributed by atoms with Crippen molar-refractivity contribution in [3.8, 4) is 0 Å². The van der Waals surface area contributed by atoms with E-state index in [2.05, 4.69) is 10.6 Å². The summed E-state index contributed by atoms with van der Waals surface area (Å²) in [5.41, 5.74) is 0.350. The van der Waals surface area contributed by atoms with Crippen LogP contribution in [0.3, 0.4) is 0 Å². The molecule has 1 atom stereocenters.